The van der Waals surface area contributed by atoms with E-state index in [2.05, 4.69) is 0 Å². The van der Waals surface area contributed by atoms with Crippen molar-refractivity contribution in [3.05, 3.63) is 29.3 Å². The standard InChI is InChI=1S/C17H24N2O3S/c1-13-6-7-16(14(2)12-13)23(21,22)19-10-8-18(9-11-19)17(20)15-4-3-5-15/h6-7,12,15H,3-5,8-11H2,1-2H3. The number of piperazine rings is 1. The van der Waals surface area contributed by atoms with Gasteiger partial charge >= 0.3 is 0 Å². The van der Waals surface area contributed by atoms with Crippen LogP contribution in [-0.4, -0.2) is 49.7 Å². The smallest absolute Gasteiger partial charge is 0.243 e. The summed E-state index contributed by atoms with van der Waals surface area (Å²) < 4.78 is 27.1. The Morgan fingerprint density at radius 3 is 2.26 bits per heavy atom. The first-order chi connectivity index (χ1) is 10.9. The maximum atomic E-state index is 12.8. The van der Waals surface area contributed by atoms with Gasteiger partial charge in [0.25, 0.3) is 0 Å². The molecule has 23 heavy (non-hydrogen) atoms. The Bertz CT molecular complexity index is 703. The molecule has 0 atom stereocenters. The molecule has 1 aromatic carbocycles. The number of aryl methyl sites for hydroxylation is 2. The Morgan fingerprint density at radius 2 is 1.74 bits per heavy atom. The van der Waals surface area contributed by atoms with E-state index in [1.165, 1.54) is 4.31 Å². The van der Waals surface area contributed by atoms with E-state index in [1.807, 2.05) is 30.9 Å². The second kappa shape index (κ2) is 6.24. The van der Waals surface area contributed by atoms with E-state index in [0.717, 1.165) is 30.4 Å². The normalized spacial score (nSPS) is 20.3. The van der Waals surface area contributed by atoms with Crippen LogP contribution in [-0.2, 0) is 14.8 Å². The molecule has 5 nitrogen and oxygen atoms in total. The average Bonchev–Trinajstić information content (AvgIpc) is 2.45. The van der Waals surface area contributed by atoms with Crippen molar-refractivity contribution in [2.75, 3.05) is 26.2 Å². The molecule has 0 bridgehead atoms. The lowest BCUT2D eigenvalue weighted by Gasteiger charge is -2.37. The fourth-order valence-corrected chi connectivity index (χ4v) is 4.92. The van der Waals surface area contributed by atoms with Gasteiger partial charge in [-0.1, -0.05) is 24.1 Å². The fourth-order valence-electron chi connectivity index (χ4n) is 3.29. The Kier molecular flexibility index (Phi) is 4.47. The lowest BCUT2D eigenvalue weighted by molar-refractivity contribution is -0.139. The molecular weight excluding hydrogens is 312 g/mol. The summed E-state index contributed by atoms with van der Waals surface area (Å²) in [6.45, 7) is 5.55. The van der Waals surface area contributed by atoms with Crippen molar-refractivity contribution in [2.24, 2.45) is 5.92 Å². The summed E-state index contributed by atoms with van der Waals surface area (Å²) in [5, 5.41) is 0. The highest BCUT2D eigenvalue weighted by Crippen LogP contribution is 2.29. The third-order valence-electron chi connectivity index (χ3n) is 4.95. The van der Waals surface area contributed by atoms with Crippen LogP contribution in [0, 0.1) is 19.8 Å². The van der Waals surface area contributed by atoms with Crippen molar-refractivity contribution in [2.45, 2.75) is 38.0 Å². The molecule has 1 aliphatic heterocycles. The van der Waals surface area contributed by atoms with Crippen molar-refractivity contribution < 1.29 is 13.2 Å². The van der Waals surface area contributed by atoms with Crippen LogP contribution in [0.25, 0.3) is 0 Å². The molecule has 0 spiro atoms. The number of hydrogen-bond acceptors (Lipinski definition) is 3. The summed E-state index contributed by atoms with van der Waals surface area (Å²) in [4.78, 5) is 14.5. The zero-order valence-electron chi connectivity index (χ0n) is 13.8. The lowest BCUT2D eigenvalue weighted by Crippen LogP contribution is -2.52. The molecule has 1 saturated carbocycles. The highest BCUT2D eigenvalue weighted by atomic mass is 32.2. The number of carbonyl (C=O) groups excluding carboxylic acids is 1. The third kappa shape index (κ3) is 3.15. The number of rotatable bonds is 3. The predicted octanol–water partition coefficient (Wildman–Crippen LogP) is 1.94. The van der Waals surface area contributed by atoms with Gasteiger partial charge in [0.15, 0.2) is 0 Å². The molecule has 1 aliphatic carbocycles. The molecule has 126 valence electrons. The summed E-state index contributed by atoms with van der Waals surface area (Å²) in [6.07, 6.45) is 3.11. The van der Waals surface area contributed by atoms with Gasteiger partial charge in [-0.2, -0.15) is 4.31 Å². The maximum absolute atomic E-state index is 12.8. The van der Waals surface area contributed by atoms with Crippen LogP contribution < -0.4 is 0 Å². The van der Waals surface area contributed by atoms with Crippen LogP contribution in [0.2, 0.25) is 0 Å². The topological polar surface area (TPSA) is 57.7 Å². The Morgan fingerprint density at radius 1 is 1.09 bits per heavy atom. The van der Waals surface area contributed by atoms with Gasteiger partial charge in [-0.3, -0.25) is 4.79 Å². The zero-order chi connectivity index (χ0) is 16.6. The fraction of sp³-hybridized carbons (Fsp3) is 0.588. The van der Waals surface area contributed by atoms with Crippen LogP contribution in [0.1, 0.15) is 30.4 Å². The molecular formula is C17H24N2O3S. The molecule has 0 N–H and O–H groups in total. The van der Waals surface area contributed by atoms with Crippen molar-refractivity contribution in [1.82, 2.24) is 9.21 Å². The number of nitrogens with zero attached hydrogens (tertiary/aromatic N) is 2. The van der Waals surface area contributed by atoms with Crippen LogP contribution in [0.4, 0.5) is 0 Å². The number of amides is 1. The zero-order valence-corrected chi connectivity index (χ0v) is 14.6. The minimum absolute atomic E-state index is 0.178. The van der Waals surface area contributed by atoms with Gasteiger partial charge in [0.05, 0.1) is 4.90 Å². The molecule has 0 unspecified atom stereocenters. The largest absolute Gasteiger partial charge is 0.340 e. The van der Waals surface area contributed by atoms with Crippen LogP contribution in [0.15, 0.2) is 23.1 Å². The SMILES string of the molecule is Cc1ccc(S(=O)(=O)N2CCN(C(=O)C3CCC3)CC2)c(C)c1. The van der Waals surface area contributed by atoms with E-state index in [0.29, 0.717) is 31.1 Å². The minimum Gasteiger partial charge on any atom is -0.340 e. The van der Waals surface area contributed by atoms with E-state index in [9.17, 15) is 13.2 Å². The third-order valence-corrected chi connectivity index (χ3v) is 7.01. The predicted molar refractivity (Wildman–Crippen MR) is 88.6 cm³/mol. The van der Waals surface area contributed by atoms with Gasteiger partial charge < -0.3 is 4.90 Å². The number of carbonyl (C=O) groups is 1. The molecule has 2 fully saturated rings. The number of sulfonamides is 1. The summed E-state index contributed by atoms with van der Waals surface area (Å²) in [7, 11) is -3.48. The van der Waals surface area contributed by atoms with Gasteiger partial charge in [0.2, 0.25) is 15.9 Å². The Labute approximate surface area is 138 Å². The Hall–Kier alpha value is -1.40. The van der Waals surface area contributed by atoms with E-state index in [4.69, 9.17) is 0 Å². The van der Waals surface area contributed by atoms with Crippen LogP contribution in [0.3, 0.4) is 0 Å². The van der Waals surface area contributed by atoms with Crippen molar-refractivity contribution in [3.8, 4) is 0 Å². The van der Waals surface area contributed by atoms with Gasteiger partial charge in [0, 0.05) is 32.1 Å². The van der Waals surface area contributed by atoms with Crippen molar-refractivity contribution in [1.29, 1.82) is 0 Å². The number of hydrogen-bond donors (Lipinski definition) is 0. The van der Waals surface area contributed by atoms with Gasteiger partial charge in [-0.15, -0.1) is 0 Å². The molecule has 1 heterocycles. The van der Waals surface area contributed by atoms with Crippen LogP contribution in [0.5, 0.6) is 0 Å². The lowest BCUT2D eigenvalue weighted by atomic mass is 9.84. The summed E-state index contributed by atoms with van der Waals surface area (Å²) in [6, 6.07) is 5.41. The first kappa shape index (κ1) is 16.5. The van der Waals surface area contributed by atoms with Crippen LogP contribution >= 0.6 is 0 Å². The molecule has 6 heteroatoms. The second-order valence-corrected chi connectivity index (χ2v) is 8.53. The quantitative estimate of drug-likeness (QED) is 0.847. The number of benzene rings is 1. The van der Waals surface area contributed by atoms with E-state index in [-0.39, 0.29) is 11.8 Å². The molecule has 1 saturated heterocycles. The first-order valence-electron chi connectivity index (χ1n) is 8.26. The average molecular weight is 336 g/mol. The molecule has 3 rings (SSSR count). The molecule has 2 aliphatic rings. The van der Waals surface area contributed by atoms with E-state index in [1.54, 1.807) is 6.07 Å². The molecule has 1 amide bonds. The minimum atomic E-state index is -3.48. The summed E-state index contributed by atoms with van der Waals surface area (Å²) in [5.74, 6) is 0.386. The van der Waals surface area contributed by atoms with Gasteiger partial charge in [0.1, 0.15) is 0 Å². The van der Waals surface area contributed by atoms with Crippen molar-refractivity contribution >= 4 is 15.9 Å². The monoisotopic (exact) mass is 336 g/mol. The molecule has 0 aromatic heterocycles. The van der Waals surface area contributed by atoms with Crippen molar-refractivity contribution in [3.63, 3.8) is 0 Å². The highest BCUT2D eigenvalue weighted by Gasteiger charge is 2.34. The highest BCUT2D eigenvalue weighted by molar-refractivity contribution is 7.89. The van der Waals surface area contributed by atoms with E-state index < -0.39 is 10.0 Å². The Balaban J connectivity index is 1.69. The first-order valence-corrected chi connectivity index (χ1v) is 9.70. The maximum Gasteiger partial charge on any atom is 0.243 e. The second-order valence-electron chi connectivity index (χ2n) is 6.63. The molecule has 0 radical (unpaired) electrons. The van der Waals surface area contributed by atoms with Gasteiger partial charge in [-0.25, -0.2) is 8.42 Å². The summed E-state index contributed by atoms with van der Waals surface area (Å²) >= 11 is 0. The van der Waals surface area contributed by atoms with Gasteiger partial charge in [-0.05, 0) is 38.3 Å². The van der Waals surface area contributed by atoms with E-state index >= 15 is 0 Å². The summed E-state index contributed by atoms with van der Waals surface area (Å²) in [5.41, 5.74) is 1.83. The molecule has 1 aromatic rings.